The summed E-state index contributed by atoms with van der Waals surface area (Å²) in [5, 5.41) is 11.5. The Kier molecular flexibility index (Phi) is 8.00. The average molecular weight is 389 g/mol. The fraction of sp³-hybridized carbons (Fsp3) is 0.300. The number of ether oxygens (including phenoxy) is 2. The van der Waals surface area contributed by atoms with E-state index in [4.69, 9.17) is 14.6 Å². The number of carboxylic acids is 1. The van der Waals surface area contributed by atoms with Gasteiger partial charge in [0.05, 0.1) is 20.1 Å². The Morgan fingerprint density at radius 2 is 1.96 bits per heavy atom. The van der Waals surface area contributed by atoms with Gasteiger partial charge < -0.3 is 19.9 Å². The summed E-state index contributed by atoms with van der Waals surface area (Å²) in [5.41, 5.74) is 2.17. The Labute approximate surface area is 162 Å². The molecule has 2 aromatic carbocycles. The van der Waals surface area contributed by atoms with E-state index in [0.717, 1.165) is 5.56 Å². The van der Waals surface area contributed by atoms with Crippen molar-refractivity contribution in [3.8, 4) is 11.5 Å². The third-order valence-electron chi connectivity index (χ3n) is 3.64. The van der Waals surface area contributed by atoms with Crippen LogP contribution in [0.4, 0.5) is 5.69 Å². The maximum absolute atomic E-state index is 12.5. The standard InChI is InChI=1S/C20H23NO5S/c1-3-26-17-8-7-15(12-18(17)25-2)20(24)21-16-6-4-5-14(11-16)13-27-10-9-19(22)23/h4-8,11-12H,3,9-10,13H2,1-2H3,(H,21,24)(H,22,23). The van der Waals surface area contributed by atoms with Gasteiger partial charge in [-0.05, 0) is 42.8 Å². The largest absolute Gasteiger partial charge is 0.493 e. The summed E-state index contributed by atoms with van der Waals surface area (Å²) in [5.74, 6) is 1.30. The molecular formula is C20H23NO5S. The molecule has 0 spiro atoms. The summed E-state index contributed by atoms with van der Waals surface area (Å²) in [6.45, 7) is 2.40. The van der Waals surface area contributed by atoms with Crippen molar-refractivity contribution in [2.75, 3.05) is 24.8 Å². The molecule has 0 atom stereocenters. The van der Waals surface area contributed by atoms with E-state index in [0.29, 0.717) is 40.9 Å². The van der Waals surface area contributed by atoms with Crippen molar-refractivity contribution in [2.24, 2.45) is 0 Å². The molecule has 144 valence electrons. The van der Waals surface area contributed by atoms with Crippen molar-refractivity contribution < 1.29 is 24.2 Å². The lowest BCUT2D eigenvalue weighted by Gasteiger charge is -2.11. The Morgan fingerprint density at radius 3 is 2.67 bits per heavy atom. The molecule has 1 amide bonds. The lowest BCUT2D eigenvalue weighted by atomic mass is 10.1. The topological polar surface area (TPSA) is 84.9 Å². The summed E-state index contributed by atoms with van der Waals surface area (Å²) < 4.78 is 10.7. The van der Waals surface area contributed by atoms with Crippen LogP contribution in [0.5, 0.6) is 11.5 Å². The number of thioether (sulfide) groups is 1. The van der Waals surface area contributed by atoms with E-state index >= 15 is 0 Å². The minimum atomic E-state index is -0.797. The zero-order chi connectivity index (χ0) is 19.6. The average Bonchev–Trinajstić information content (AvgIpc) is 2.66. The predicted molar refractivity (Wildman–Crippen MR) is 107 cm³/mol. The highest BCUT2D eigenvalue weighted by molar-refractivity contribution is 7.98. The number of rotatable bonds is 10. The molecule has 2 aromatic rings. The first kappa shape index (κ1) is 20.6. The van der Waals surface area contributed by atoms with Gasteiger partial charge in [0.25, 0.3) is 5.91 Å². The van der Waals surface area contributed by atoms with E-state index in [-0.39, 0.29) is 12.3 Å². The van der Waals surface area contributed by atoms with E-state index in [9.17, 15) is 9.59 Å². The van der Waals surface area contributed by atoms with Gasteiger partial charge in [0, 0.05) is 22.8 Å². The third-order valence-corrected chi connectivity index (χ3v) is 4.67. The van der Waals surface area contributed by atoms with Crippen LogP contribution in [0.2, 0.25) is 0 Å². The molecule has 0 fully saturated rings. The van der Waals surface area contributed by atoms with Crippen LogP contribution in [-0.2, 0) is 10.5 Å². The second-order valence-corrected chi connectivity index (χ2v) is 6.75. The number of methoxy groups -OCH3 is 1. The first-order valence-electron chi connectivity index (χ1n) is 8.54. The molecule has 0 aliphatic heterocycles. The molecule has 0 saturated heterocycles. The Hall–Kier alpha value is -2.67. The number of benzene rings is 2. The normalized spacial score (nSPS) is 10.3. The van der Waals surface area contributed by atoms with Crippen molar-refractivity contribution in [2.45, 2.75) is 19.1 Å². The summed E-state index contributed by atoms with van der Waals surface area (Å²) in [7, 11) is 1.53. The summed E-state index contributed by atoms with van der Waals surface area (Å²) in [6.07, 6.45) is 0.140. The minimum Gasteiger partial charge on any atom is -0.493 e. The van der Waals surface area contributed by atoms with Gasteiger partial charge in [0.15, 0.2) is 11.5 Å². The predicted octanol–water partition coefficient (Wildman–Crippen LogP) is 4.05. The molecule has 0 heterocycles. The first-order chi connectivity index (χ1) is 13.0. The van der Waals surface area contributed by atoms with Gasteiger partial charge in [-0.15, -0.1) is 0 Å². The number of nitrogens with one attached hydrogen (secondary N) is 1. The Morgan fingerprint density at radius 1 is 1.15 bits per heavy atom. The van der Waals surface area contributed by atoms with Gasteiger partial charge in [0.2, 0.25) is 0 Å². The van der Waals surface area contributed by atoms with Crippen LogP contribution in [0.15, 0.2) is 42.5 Å². The SMILES string of the molecule is CCOc1ccc(C(=O)Nc2cccc(CSCCC(=O)O)c2)cc1OC. The Balaban J connectivity index is 2.01. The van der Waals surface area contributed by atoms with E-state index in [1.165, 1.54) is 7.11 Å². The van der Waals surface area contributed by atoms with Crippen LogP contribution >= 0.6 is 11.8 Å². The summed E-state index contributed by atoms with van der Waals surface area (Å²) in [6, 6.07) is 12.6. The van der Waals surface area contributed by atoms with Crippen molar-refractivity contribution >= 4 is 29.3 Å². The summed E-state index contributed by atoms with van der Waals surface area (Å²) in [4.78, 5) is 23.1. The number of hydrogen-bond donors (Lipinski definition) is 2. The van der Waals surface area contributed by atoms with Crippen molar-refractivity contribution in [1.82, 2.24) is 0 Å². The van der Waals surface area contributed by atoms with E-state index < -0.39 is 5.97 Å². The fourth-order valence-electron chi connectivity index (χ4n) is 2.38. The highest BCUT2D eigenvalue weighted by Gasteiger charge is 2.11. The number of anilines is 1. The van der Waals surface area contributed by atoms with Crippen molar-refractivity contribution in [3.63, 3.8) is 0 Å². The smallest absolute Gasteiger partial charge is 0.304 e. The van der Waals surface area contributed by atoms with Gasteiger partial charge >= 0.3 is 5.97 Å². The number of carbonyl (C=O) groups excluding carboxylic acids is 1. The van der Waals surface area contributed by atoms with E-state index in [1.807, 2.05) is 31.2 Å². The molecule has 0 saturated carbocycles. The molecule has 0 aliphatic rings. The molecular weight excluding hydrogens is 366 g/mol. The molecule has 6 nitrogen and oxygen atoms in total. The highest BCUT2D eigenvalue weighted by Crippen LogP contribution is 2.28. The van der Waals surface area contributed by atoms with Crippen LogP contribution in [0.25, 0.3) is 0 Å². The molecule has 2 N–H and O–H groups in total. The van der Waals surface area contributed by atoms with Crippen LogP contribution in [0.1, 0.15) is 29.3 Å². The van der Waals surface area contributed by atoms with Gasteiger partial charge in [-0.2, -0.15) is 11.8 Å². The van der Waals surface area contributed by atoms with Crippen LogP contribution in [0, 0.1) is 0 Å². The molecule has 0 unspecified atom stereocenters. The summed E-state index contributed by atoms with van der Waals surface area (Å²) >= 11 is 1.55. The van der Waals surface area contributed by atoms with Gasteiger partial charge in [0.1, 0.15) is 0 Å². The quantitative estimate of drug-likeness (QED) is 0.596. The lowest BCUT2D eigenvalue weighted by Crippen LogP contribution is -2.12. The molecule has 0 aromatic heterocycles. The van der Waals surface area contributed by atoms with Gasteiger partial charge in [-0.3, -0.25) is 9.59 Å². The molecule has 7 heteroatoms. The number of aliphatic carboxylic acids is 1. The number of carboxylic acid groups (broad SMARTS) is 1. The van der Waals surface area contributed by atoms with Gasteiger partial charge in [-0.25, -0.2) is 0 Å². The van der Waals surface area contributed by atoms with Crippen LogP contribution in [-0.4, -0.2) is 36.5 Å². The fourth-order valence-corrected chi connectivity index (χ4v) is 3.25. The number of hydrogen-bond acceptors (Lipinski definition) is 5. The maximum atomic E-state index is 12.5. The lowest BCUT2D eigenvalue weighted by molar-refractivity contribution is -0.136. The molecule has 0 bridgehead atoms. The zero-order valence-corrected chi connectivity index (χ0v) is 16.2. The molecule has 2 rings (SSSR count). The molecule has 0 radical (unpaired) electrons. The molecule has 27 heavy (non-hydrogen) atoms. The minimum absolute atomic E-state index is 0.140. The van der Waals surface area contributed by atoms with Crippen LogP contribution < -0.4 is 14.8 Å². The molecule has 0 aliphatic carbocycles. The van der Waals surface area contributed by atoms with E-state index in [1.54, 1.807) is 30.0 Å². The van der Waals surface area contributed by atoms with Gasteiger partial charge in [-0.1, -0.05) is 12.1 Å². The zero-order valence-electron chi connectivity index (χ0n) is 15.4. The second kappa shape index (κ2) is 10.5. The van der Waals surface area contributed by atoms with E-state index in [2.05, 4.69) is 5.32 Å². The first-order valence-corrected chi connectivity index (χ1v) is 9.69. The van der Waals surface area contributed by atoms with Crippen molar-refractivity contribution in [1.29, 1.82) is 0 Å². The van der Waals surface area contributed by atoms with Crippen molar-refractivity contribution in [3.05, 3.63) is 53.6 Å². The maximum Gasteiger partial charge on any atom is 0.304 e. The third kappa shape index (κ3) is 6.53. The Bertz CT molecular complexity index is 794. The second-order valence-electron chi connectivity index (χ2n) is 5.65. The number of carbonyl (C=O) groups is 2. The monoisotopic (exact) mass is 389 g/mol. The number of amides is 1. The highest BCUT2D eigenvalue weighted by atomic mass is 32.2. The van der Waals surface area contributed by atoms with Crippen LogP contribution in [0.3, 0.4) is 0 Å².